The molecule has 20 heavy (non-hydrogen) atoms. The molecule has 1 amide bonds. The monoisotopic (exact) mass is 297 g/mol. The van der Waals surface area contributed by atoms with Crippen LogP contribution in [0.5, 0.6) is 0 Å². The topological polar surface area (TPSA) is 38.3 Å². The van der Waals surface area contributed by atoms with E-state index in [2.05, 4.69) is 11.9 Å². The number of hydrogen-bond donors (Lipinski definition) is 1. The van der Waals surface area contributed by atoms with E-state index in [1.807, 2.05) is 32.1 Å². The fraction of sp³-hybridized carbons (Fsp3) is 0.400. The van der Waals surface area contributed by atoms with Crippen LogP contribution in [-0.2, 0) is 11.2 Å². The van der Waals surface area contributed by atoms with Crippen molar-refractivity contribution in [1.29, 1.82) is 0 Å². The second-order valence-electron chi connectivity index (χ2n) is 4.78. The quantitative estimate of drug-likeness (QED) is 0.747. The fourth-order valence-electron chi connectivity index (χ4n) is 1.52. The van der Waals surface area contributed by atoms with Gasteiger partial charge in [-0.2, -0.15) is 3.89 Å². The number of allylic oxidation sites excluding steroid dienone is 1. The minimum atomic E-state index is -0.568. The van der Waals surface area contributed by atoms with Gasteiger partial charge in [-0.15, -0.1) is 6.58 Å². The summed E-state index contributed by atoms with van der Waals surface area (Å²) in [6.45, 7) is 7.49. The first-order valence-corrected chi connectivity index (χ1v) is 7.25. The molecule has 1 N–H and O–H groups in total. The Morgan fingerprint density at radius 2 is 2.10 bits per heavy atom. The maximum Gasteiger partial charge on any atom is 0.411 e. The van der Waals surface area contributed by atoms with Crippen molar-refractivity contribution in [2.24, 2.45) is 5.92 Å². The van der Waals surface area contributed by atoms with Crippen LogP contribution in [0.25, 0.3) is 0 Å². The van der Waals surface area contributed by atoms with E-state index >= 15 is 0 Å². The number of hydrogen-bond acceptors (Lipinski definition) is 3. The maximum atomic E-state index is 12.6. The summed E-state index contributed by atoms with van der Waals surface area (Å²) in [5.41, 5.74) is 1.77. The van der Waals surface area contributed by atoms with Crippen molar-refractivity contribution >= 4 is 23.9 Å². The number of amides is 1. The first-order chi connectivity index (χ1) is 9.56. The van der Waals surface area contributed by atoms with Gasteiger partial charge in [-0.05, 0) is 30.0 Å². The predicted molar refractivity (Wildman–Crippen MR) is 82.6 cm³/mol. The summed E-state index contributed by atoms with van der Waals surface area (Å²) >= 11 is 0.219. The molecule has 0 saturated heterocycles. The number of rotatable bonds is 7. The van der Waals surface area contributed by atoms with E-state index in [9.17, 15) is 8.68 Å². The second kappa shape index (κ2) is 8.64. The largest absolute Gasteiger partial charge is 0.448 e. The molecular weight excluding hydrogens is 277 g/mol. The van der Waals surface area contributed by atoms with Gasteiger partial charge in [-0.3, -0.25) is 5.32 Å². The Morgan fingerprint density at radius 1 is 1.45 bits per heavy atom. The molecule has 3 nitrogen and oxygen atoms in total. The fourth-order valence-corrected chi connectivity index (χ4v) is 1.85. The molecule has 5 heteroatoms. The molecular formula is C15H20FNO2S. The zero-order chi connectivity index (χ0) is 15.0. The number of carbonyl (C=O) groups is 1. The molecule has 0 aliphatic rings. The average molecular weight is 297 g/mol. The summed E-state index contributed by atoms with van der Waals surface area (Å²) in [6.07, 6.45) is 2.03. The summed E-state index contributed by atoms with van der Waals surface area (Å²) in [6, 6.07) is 7.41. The van der Waals surface area contributed by atoms with Gasteiger partial charge in [0.2, 0.25) is 0 Å². The van der Waals surface area contributed by atoms with Gasteiger partial charge in [0.05, 0.1) is 17.4 Å². The Hall–Kier alpha value is -1.49. The van der Waals surface area contributed by atoms with Gasteiger partial charge in [0.15, 0.2) is 0 Å². The Kier molecular flexibility index (Phi) is 7.15. The van der Waals surface area contributed by atoms with Crippen molar-refractivity contribution < 1.29 is 13.4 Å². The molecule has 0 spiro atoms. The molecule has 0 saturated carbocycles. The van der Waals surface area contributed by atoms with E-state index in [1.54, 1.807) is 12.1 Å². The van der Waals surface area contributed by atoms with E-state index in [0.29, 0.717) is 5.69 Å². The van der Waals surface area contributed by atoms with Crippen LogP contribution in [0.1, 0.15) is 19.4 Å². The van der Waals surface area contributed by atoms with Crippen molar-refractivity contribution in [2.45, 2.75) is 25.5 Å². The van der Waals surface area contributed by atoms with Gasteiger partial charge in [-0.1, -0.05) is 32.1 Å². The molecule has 0 aliphatic carbocycles. The number of benzene rings is 1. The van der Waals surface area contributed by atoms with Crippen molar-refractivity contribution in [3.8, 4) is 0 Å². The number of carbonyl (C=O) groups excluding carboxylic acids is 1. The van der Waals surface area contributed by atoms with Gasteiger partial charge in [0, 0.05) is 5.69 Å². The molecule has 1 aromatic carbocycles. The number of ether oxygens (including phenoxy) is 1. The SMILES string of the molecule is C=CCc1ccc(NC(=O)OCC(SF)C(C)C)cc1. The number of nitrogens with one attached hydrogen (secondary N) is 1. The lowest BCUT2D eigenvalue weighted by Crippen LogP contribution is -2.23. The van der Waals surface area contributed by atoms with Gasteiger partial charge >= 0.3 is 6.09 Å². The summed E-state index contributed by atoms with van der Waals surface area (Å²) in [5, 5.41) is 2.27. The van der Waals surface area contributed by atoms with Crippen LogP contribution in [0, 0.1) is 5.92 Å². The molecule has 0 radical (unpaired) electrons. The summed E-state index contributed by atoms with van der Waals surface area (Å²) in [7, 11) is 0. The zero-order valence-electron chi connectivity index (χ0n) is 11.8. The van der Waals surface area contributed by atoms with Crippen LogP contribution < -0.4 is 5.32 Å². The van der Waals surface area contributed by atoms with Crippen LogP contribution in [0.3, 0.4) is 0 Å². The van der Waals surface area contributed by atoms with Crippen LogP contribution in [0.15, 0.2) is 36.9 Å². The van der Waals surface area contributed by atoms with E-state index in [1.165, 1.54) is 0 Å². The molecule has 0 fully saturated rings. The highest BCUT2D eigenvalue weighted by Crippen LogP contribution is 2.20. The van der Waals surface area contributed by atoms with Crippen molar-refractivity contribution in [3.63, 3.8) is 0 Å². The van der Waals surface area contributed by atoms with Crippen LogP contribution in [0.2, 0.25) is 0 Å². The summed E-state index contributed by atoms with van der Waals surface area (Å²) in [5.74, 6) is 0.107. The Morgan fingerprint density at radius 3 is 2.60 bits per heavy atom. The normalized spacial score (nSPS) is 12.0. The van der Waals surface area contributed by atoms with E-state index in [0.717, 1.165) is 12.0 Å². The van der Waals surface area contributed by atoms with Crippen LogP contribution in [-0.4, -0.2) is 18.0 Å². The predicted octanol–water partition coefficient (Wildman–Crippen LogP) is 4.61. The average Bonchev–Trinajstić information content (AvgIpc) is 2.41. The van der Waals surface area contributed by atoms with Crippen molar-refractivity contribution in [3.05, 3.63) is 42.5 Å². The van der Waals surface area contributed by atoms with Crippen LogP contribution in [0.4, 0.5) is 14.4 Å². The third kappa shape index (κ3) is 5.65. The molecule has 110 valence electrons. The third-order valence-electron chi connectivity index (χ3n) is 2.82. The second-order valence-corrected chi connectivity index (χ2v) is 5.57. The third-order valence-corrected chi connectivity index (χ3v) is 3.73. The van der Waals surface area contributed by atoms with Gasteiger partial charge in [0.25, 0.3) is 0 Å². The Bertz CT molecular complexity index is 434. The first-order valence-electron chi connectivity index (χ1n) is 6.47. The van der Waals surface area contributed by atoms with Crippen molar-refractivity contribution in [1.82, 2.24) is 0 Å². The number of halogens is 1. The summed E-state index contributed by atoms with van der Waals surface area (Å²) in [4.78, 5) is 11.6. The molecule has 1 aromatic rings. The standard InChI is InChI=1S/C15H20FNO2S/c1-4-5-12-6-8-13(9-7-12)17-15(18)19-10-14(20-16)11(2)3/h4,6-9,11,14H,1,5,10H2,2-3H3,(H,17,18). The zero-order valence-corrected chi connectivity index (χ0v) is 12.6. The van der Waals surface area contributed by atoms with Gasteiger partial charge in [0.1, 0.15) is 6.61 Å². The molecule has 0 aliphatic heterocycles. The van der Waals surface area contributed by atoms with E-state index < -0.39 is 6.09 Å². The van der Waals surface area contributed by atoms with Crippen molar-refractivity contribution in [2.75, 3.05) is 11.9 Å². The molecule has 0 bridgehead atoms. The van der Waals surface area contributed by atoms with E-state index in [-0.39, 0.29) is 29.9 Å². The minimum Gasteiger partial charge on any atom is -0.448 e. The Balaban J connectivity index is 2.43. The Labute approximate surface area is 123 Å². The number of anilines is 1. The summed E-state index contributed by atoms with van der Waals surface area (Å²) < 4.78 is 17.6. The van der Waals surface area contributed by atoms with Gasteiger partial charge < -0.3 is 4.74 Å². The smallest absolute Gasteiger partial charge is 0.411 e. The minimum absolute atomic E-state index is 0.0548. The molecule has 1 unspecified atom stereocenters. The molecule has 1 rings (SSSR count). The highest BCUT2D eigenvalue weighted by Gasteiger charge is 2.17. The maximum absolute atomic E-state index is 12.6. The highest BCUT2D eigenvalue weighted by atomic mass is 32.2. The molecule has 0 heterocycles. The van der Waals surface area contributed by atoms with E-state index in [4.69, 9.17) is 4.74 Å². The molecule has 0 aromatic heterocycles. The lowest BCUT2D eigenvalue weighted by atomic mass is 10.1. The lowest BCUT2D eigenvalue weighted by Gasteiger charge is -2.15. The van der Waals surface area contributed by atoms with Crippen LogP contribution >= 0.6 is 12.1 Å². The lowest BCUT2D eigenvalue weighted by molar-refractivity contribution is 0.157. The molecule has 1 atom stereocenters. The van der Waals surface area contributed by atoms with Gasteiger partial charge in [-0.25, -0.2) is 4.79 Å². The highest BCUT2D eigenvalue weighted by molar-refractivity contribution is 7.95. The first kappa shape index (κ1) is 16.6.